The molecule has 0 aromatic heterocycles. The molecule has 58 heavy (non-hydrogen) atoms. The summed E-state index contributed by atoms with van der Waals surface area (Å²) in [5, 5.41) is 16.8. The standard InChI is InChI=1S/C52H70O4Si2/c1-39-45(56-58(49(5,6)7,42-29-20-14-21-30-42)43-31-22-15-23-32-43)37-46-50(8,9)33-24-34-52(46,11)47(39)44(53)38-51(10,54)35-36-55-57(48(2,3)4,40-25-16-12-17-26-40)41-27-18-13-19-28-41/h12-23,25-32,45-46,54H,24,33-38H2,1-11H3/t45?,46-,51-,52-/m0/s1. The number of ketones is 1. The molecule has 6 rings (SSSR count). The number of rotatable bonds is 13. The highest BCUT2D eigenvalue weighted by atomic mass is 28.4. The van der Waals surface area contributed by atoms with Crippen molar-refractivity contribution in [3.05, 3.63) is 132 Å². The van der Waals surface area contributed by atoms with Gasteiger partial charge in [0.2, 0.25) is 0 Å². The number of aliphatic hydroxyl groups is 1. The number of carbonyl (C=O) groups is 1. The van der Waals surface area contributed by atoms with Gasteiger partial charge < -0.3 is 14.0 Å². The van der Waals surface area contributed by atoms with Gasteiger partial charge in [-0.3, -0.25) is 4.79 Å². The molecule has 2 aliphatic carbocycles. The van der Waals surface area contributed by atoms with Gasteiger partial charge in [0.25, 0.3) is 16.6 Å². The molecular formula is C52H70O4Si2. The first-order valence-electron chi connectivity index (χ1n) is 21.7. The van der Waals surface area contributed by atoms with E-state index in [0.717, 1.165) is 36.8 Å². The van der Waals surface area contributed by atoms with Crippen LogP contribution >= 0.6 is 0 Å². The summed E-state index contributed by atoms with van der Waals surface area (Å²) < 4.78 is 15.1. The minimum absolute atomic E-state index is 0.0262. The van der Waals surface area contributed by atoms with Gasteiger partial charge in [-0.05, 0) is 92.7 Å². The van der Waals surface area contributed by atoms with Crippen LogP contribution in [0.25, 0.3) is 0 Å². The monoisotopic (exact) mass is 814 g/mol. The Bertz CT molecular complexity index is 1950. The molecule has 0 heterocycles. The van der Waals surface area contributed by atoms with Crippen LogP contribution in [-0.4, -0.2) is 45.8 Å². The molecule has 1 unspecified atom stereocenters. The van der Waals surface area contributed by atoms with Gasteiger partial charge in [-0.1, -0.05) is 190 Å². The zero-order valence-electron chi connectivity index (χ0n) is 37.3. The third-order valence-corrected chi connectivity index (χ3v) is 24.1. The van der Waals surface area contributed by atoms with E-state index in [-0.39, 0.29) is 45.1 Å². The van der Waals surface area contributed by atoms with Crippen LogP contribution in [-0.2, 0) is 13.6 Å². The van der Waals surface area contributed by atoms with Crippen LogP contribution in [0.4, 0.5) is 0 Å². The van der Waals surface area contributed by atoms with Crippen molar-refractivity contribution in [1.29, 1.82) is 0 Å². The minimum Gasteiger partial charge on any atom is -0.407 e. The van der Waals surface area contributed by atoms with Crippen molar-refractivity contribution < 1.29 is 18.8 Å². The van der Waals surface area contributed by atoms with Gasteiger partial charge in [-0.15, -0.1) is 0 Å². The molecule has 0 saturated heterocycles. The van der Waals surface area contributed by atoms with Crippen LogP contribution in [0.15, 0.2) is 132 Å². The first-order valence-corrected chi connectivity index (χ1v) is 25.5. The lowest BCUT2D eigenvalue weighted by atomic mass is 9.49. The fraction of sp³-hybridized carbons (Fsp3) is 0.481. The molecule has 1 N–H and O–H groups in total. The van der Waals surface area contributed by atoms with Gasteiger partial charge in [0.05, 0.1) is 11.7 Å². The van der Waals surface area contributed by atoms with Crippen LogP contribution in [0, 0.1) is 16.7 Å². The number of benzene rings is 4. The van der Waals surface area contributed by atoms with E-state index >= 15 is 4.79 Å². The van der Waals surface area contributed by atoms with E-state index < -0.39 is 22.2 Å². The predicted octanol–water partition coefficient (Wildman–Crippen LogP) is 10.2. The summed E-state index contributed by atoms with van der Waals surface area (Å²) in [4.78, 5) is 15.2. The molecule has 1 saturated carbocycles. The van der Waals surface area contributed by atoms with Crippen molar-refractivity contribution in [1.82, 2.24) is 0 Å². The summed E-state index contributed by atoms with van der Waals surface area (Å²) in [5.41, 5.74) is 0.396. The zero-order valence-corrected chi connectivity index (χ0v) is 39.3. The molecule has 310 valence electrons. The highest BCUT2D eigenvalue weighted by Gasteiger charge is 2.58. The summed E-state index contributed by atoms with van der Waals surface area (Å²) in [6, 6.07) is 42.9. The van der Waals surface area contributed by atoms with Gasteiger partial charge >= 0.3 is 0 Å². The molecule has 0 aliphatic heterocycles. The highest BCUT2D eigenvalue weighted by molar-refractivity contribution is 7.00. The number of fused-ring (bicyclic) bond motifs is 1. The van der Waals surface area contributed by atoms with Crippen molar-refractivity contribution in [2.24, 2.45) is 16.7 Å². The lowest BCUT2D eigenvalue weighted by molar-refractivity contribution is -0.124. The Morgan fingerprint density at radius 3 is 1.50 bits per heavy atom. The zero-order chi connectivity index (χ0) is 42.2. The molecule has 4 aromatic carbocycles. The lowest BCUT2D eigenvalue weighted by Crippen LogP contribution is -2.68. The maximum atomic E-state index is 15.2. The van der Waals surface area contributed by atoms with E-state index in [2.05, 4.69) is 191 Å². The van der Waals surface area contributed by atoms with Crippen LogP contribution in [0.1, 0.15) is 115 Å². The second-order valence-electron chi connectivity index (χ2n) is 20.7. The normalized spacial score (nSPS) is 22.6. The smallest absolute Gasteiger partial charge is 0.261 e. The van der Waals surface area contributed by atoms with Crippen molar-refractivity contribution in [2.45, 2.75) is 136 Å². The molecule has 2 aliphatic rings. The Morgan fingerprint density at radius 2 is 1.09 bits per heavy atom. The van der Waals surface area contributed by atoms with E-state index in [4.69, 9.17) is 8.85 Å². The van der Waals surface area contributed by atoms with Crippen LogP contribution in [0.2, 0.25) is 10.1 Å². The van der Waals surface area contributed by atoms with E-state index in [1.54, 1.807) is 0 Å². The van der Waals surface area contributed by atoms with Gasteiger partial charge in [0.1, 0.15) is 0 Å². The maximum absolute atomic E-state index is 15.2. The summed E-state index contributed by atoms with van der Waals surface area (Å²) >= 11 is 0. The van der Waals surface area contributed by atoms with Crippen molar-refractivity contribution in [3.63, 3.8) is 0 Å². The third-order valence-electron chi connectivity index (χ3n) is 14.1. The summed E-state index contributed by atoms with van der Waals surface area (Å²) in [6.07, 6.45) is 4.19. The molecule has 0 bridgehead atoms. The molecule has 4 nitrogen and oxygen atoms in total. The fourth-order valence-electron chi connectivity index (χ4n) is 11.3. The number of Topliss-reactive ketones (excluding diaryl/α,β-unsaturated/α-hetero) is 1. The minimum atomic E-state index is -2.93. The Morgan fingerprint density at radius 1 is 0.672 bits per heavy atom. The van der Waals surface area contributed by atoms with Gasteiger partial charge in [-0.2, -0.15) is 0 Å². The molecule has 0 amide bonds. The van der Waals surface area contributed by atoms with E-state index in [9.17, 15) is 5.11 Å². The third kappa shape index (κ3) is 8.21. The number of carbonyl (C=O) groups excluding carboxylic acids is 1. The van der Waals surface area contributed by atoms with E-state index in [1.165, 1.54) is 20.7 Å². The van der Waals surface area contributed by atoms with Crippen LogP contribution in [0.3, 0.4) is 0 Å². The average molecular weight is 815 g/mol. The molecule has 0 radical (unpaired) electrons. The SMILES string of the molecule is CC1=C(C(=O)C[C@@](C)(O)CCO[Si](c2ccccc2)(c2ccccc2)C(C)(C)C)[C@@]2(C)CCCC(C)(C)[C@@H]2CC1O[Si](c1ccccc1)(c1ccccc1)C(C)(C)C. The molecule has 4 aromatic rings. The van der Waals surface area contributed by atoms with E-state index in [1.807, 2.05) is 6.92 Å². The number of hydrogen-bond donors (Lipinski definition) is 1. The first kappa shape index (κ1) is 44.2. The first-order chi connectivity index (χ1) is 27.2. The Balaban J connectivity index is 1.37. The molecule has 6 heteroatoms. The van der Waals surface area contributed by atoms with Crippen LogP contribution in [0.5, 0.6) is 0 Å². The fourth-order valence-corrected chi connectivity index (χ4v) is 20.6. The van der Waals surface area contributed by atoms with Gasteiger partial charge in [0, 0.05) is 18.6 Å². The second-order valence-corrected chi connectivity index (χ2v) is 29.3. The Hall–Kier alpha value is -3.40. The molecule has 4 atom stereocenters. The quantitative estimate of drug-likeness (QED) is 0.137. The summed E-state index contributed by atoms with van der Waals surface area (Å²) in [5.74, 6) is 0.303. The van der Waals surface area contributed by atoms with Gasteiger partial charge in [0.15, 0.2) is 5.78 Å². The van der Waals surface area contributed by atoms with Crippen molar-refractivity contribution >= 4 is 43.2 Å². The van der Waals surface area contributed by atoms with Crippen LogP contribution < -0.4 is 20.7 Å². The molecular weight excluding hydrogens is 745 g/mol. The van der Waals surface area contributed by atoms with E-state index in [0.29, 0.717) is 13.0 Å². The predicted molar refractivity (Wildman–Crippen MR) is 247 cm³/mol. The number of allylic oxidation sites excluding steroid dienone is 1. The second kappa shape index (κ2) is 16.6. The summed E-state index contributed by atoms with van der Waals surface area (Å²) in [6.45, 7) is 25.3. The average Bonchev–Trinajstić information content (AvgIpc) is 3.16. The largest absolute Gasteiger partial charge is 0.407 e. The molecule has 1 fully saturated rings. The van der Waals surface area contributed by atoms with Gasteiger partial charge in [-0.25, -0.2) is 0 Å². The Labute approximate surface area is 352 Å². The lowest BCUT2D eigenvalue weighted by Gasteiger charge is -2.57. The van der Waals surface area contributed by atoms with Crippen molar-refractivity contribution in [3.8, 4) is 0 Å². The topological polar surface area (TPSA) is 55.8 Å². The maximum Gasteiger partial charge on any atom is 0.261 e. The Kier molecular flexibility index (Phi) is 12.6. The van der Waals surface area contributed by atoms with Crippen molar-refractivity contribution in [2.75, 3.05) is 6.61 Å². The summed E-state index contributed by atoms with van der Waals surface area (Å²) in [7, 11) is -5.74. The number of hydrogen-bond acceptors (Lipinski definition) is 4. The molecule has 0 spiro atoms. The highest BCUT2D eigenvalue weighted by Crippen LogP contribution is 2.61.